The Morgan fingerprint density at radius 3 is 2.22 bits per heavy atom. The normalized spacial score (nSPS) is 11.6. The zero-order valence-electron chi connectivity index (χ0n) is 4.59. The van der Waals surface area contributed by atoms with Crippen LogP contribution in [0.5, 0.6) is 0 Å². The number of carbonyl (C=O) groups is 1. The van der Waals surface area contributed by atoms with Crippen LogP contribution < -0.4 is 0 Å². The molecule has 7 heteroatoms. The molecule has 0 radical (unpaired) electrons. The molecule has 0 aliphatic carbocycles. The third kappa shape index (κ3) is 3.21. The van der Waals surface area contributed by atoms with Crippen molar-refractivity contribution in [3.8, 4) is 0 Å². The van der Waals surface area contributed by atoms with Crippen LogP contribution >= 0.6 is 7.75 Å². The van der Waals surface area contributed by atoms with Crippen molar-refractivity contribution in [3.05, 3.63) is 0 Å². The van der Waals surface area contributed by atoms with E-state index in [9.17, 15) is 9.36 Å². The summed E-state index contributed by atoms with van der Waals surface area (Å²) in [5, 5.41) is 0. The zero-order valence-corrected chi connectivity index (χ0v) is 5.49. The van der Waals surface area contributed by atoms with Crippen molar-refractivity contribution >= 4 is 14.2 Å². The monoisotopic (exact) mass is 155 g/mol. The van der Waals surface area contributed by atoms with Gasteiger partial charge in [0.15, 0.2) is 0 Å². The predicted molar refractivity (Wildman–Crippen MR) is 27.0 cm³/mol. The summed E-state index contributed by atoms with van der Waals surface area (Å²) in [5.74, 6) is 0. The molecule has 0 bridgehead atoms. The lowest BCUT2D eigenvalue weighted by atomic mass is 11.5. The van der Waals surface area contributed by atoms with E-state index in [0.717, 1.165) is 7.05 Å². The van der Waals surface area contributed by atoms with Crippen molar-refractivity contribution < 1.29 is 24.0 Å². The largest absolute Gasteiger partial charge is 0.435 e. The summed E-state index contributed by atoms with van der Waals surface area (Å²) in [6.07, 6.45) is 0. The molecule has 0 aliphatic rings. The summed E-state index contributed by atoms with van der Waals surface area (Å²) in [5.41, 5.74) is 0. The highest BCUT2D eigenvalue weighted by atomic mass is 31.2. The first-order chi connectivity index (χ1) is 3.98. The third-order valence-electron chi connectivity index (χ3n) is 0.562. The second-order valence-electron chi connectivity index (χ2n) is 1.18. The summed E-state index contributed by atoms with van der Waals surface area (Å²) >= 11 is 0. The zero-order chi connectivity index (χ0) is 7.49. The molecule has 0 saturated carbocycles. The molecule has 0 aromatic rings. The number of hydrogen-bond donors (Lipinski definition) is 2. The Labute approximate surface area is 51.2 Å². The summed E-state index contributed by atoms with van der Waals surface area (Å²) in [7, 11) is -3.44. The molecule has 0 unspecified atom stereocenters. The summed E-state index contributed by atoms with van der Waals surface area (Å²) in [4.78, 5) is 29.8. The van der Waals surface area contributed by atoms with Crippen LogP contribution in [0.2, 0.25) is 0 Å². The quantitative estimate of drug-likeness (QED) is 0.312. The van der Waals surface area contributed by atoms with Crippen molar-refractivity contribution in [2.24, 2.45) is 0 Å². The molecule has 0 rings (SSSR count). The first kappa shape index (κ1) is 8.58. The van der Waals surface area contributed by atoms with Gasteiger partial charge < -0.3 is 14.6 Å². The fourth-order valence-electron chi connectivity index (χ4n) is 0.124. The molecule has 6 nitrogen and oxygen atoms in total. The smallest absolute Gasteiger partial charge is 0.361 e. The Hall–Kier alpha value is -0.420. The molecule has 0 fully saturated rings. The molecule has 0 amide bonds. The standard InChI is InChI=1S/C2H6NO5P/c1-3(8-2-4)9(5,6)7/h2H,1H3,(H2,5,6,7). The number of nitrogens with zero attached hydrogens (tertiary/aromatic N) is 1. The van der Waals surface area contributed by atoms with E-state index < -0.39 is 7.75 Å². The number of hydroxylamine groups is 1. The van der Waals surface area contributed by atoms with E-state index in [2.05, 4.69) is 4.84 Å². The van der Waals surface area contributed by atoms with Gasteiger partial charge in [-0.15, -0.1) is 0 Å². The van der Waals surface area contributed by atoms with Gasteiger partial charge in [-0.25, -0.2) is 4.57 Å². The van der Waals surface area contributed by atoms with Crippen LogP contribution in [0.3, 0.4) is 0 Å². The molecule has 54 valence electrons. The molecular weight excluding hydrogens is 149 g/mol. The van der Waals surface area contributed by atoms with Gasteiger partial charge in [-0.05, 0) is 4.83 Å². The lowest BCUT2D eigenvalue weighted by Gasteiger charge is -2.12. The van der Waals surface area contributed by atoms with Gasteiger partial charge in [0.1, 0.15) is 0 Å². The Morgan fingerprint density at radius 2 is 2.11 bits per heavy atom. The number of hydrogen-bond acceptors (Lipinski definition) is 3. The Kier molecular flexibility index (Phi) is 2.80. The number of carbonyl (C=O) groups excluding carboxylic acids is 1. The van der Waals surface area contributed by atoms with Crippen molar-refractivity contribution in [2.75, 3.05) is 7.05 Å². The van der Waals surface area contributed by atoms with Crippen molar-refractivity contribution in [1.82, 2.24) is 4.83 Å². The van der Waals surface area contributed by atoms with Gasteiger partial charge in [0.05, 0.1) is 0 Å². The SMILES string of the molecule is CN(OC=O)P(=O)(O)O. The van der Waals surface area contributed by atoms with Crippen LogP contribution in [0.15, 0.2) is 0 Å². The average molecular weight is 155 g/mol. The van der Waals surface area contributed by atoms with Gasteiger partial charge in [-0.2, -0.15) is 0 Å². The van der Waals surface area contributed by atoms with E-state index in [1.807, 2.05) is 0 Å². The van der Waals surface area contributed by atoms with Crippen molar-refractivity contribution in [1.29, 1.82) is 0 Å². The van der Waals surface area contributed by atoms with Gasteiger partial charge in [-0.1, -0.05) is 0 Å². The summed E-state index contributed by atoms with van der Waals surface area (Å²) in [6, 6.07) is 0. The molecule has 0 spiro atoms. The minimum absolute atomic E-state index is 0.0703. The Balaban J connectivity index is 3.88. The minimum Gasteiger partial charge on any atom is -0.361 e. The Bertz CT molecular complexity index is 140. The van der Waals surface area contributed by atoms with Crippen LogP contribution in [0, 0.1) is 0 Å². The highest BCUT2D eigenvalue weighted by Gasteiger charge is 2.21. The van der Waals surface area contributed by atoms with Crippen LogP contribution in [0.25, 0.3) is 0 Å². The van der Waals surface area contributed by atoms with E-state index in [0.29, 0.717) is 0 Å². The van der Waals surface area contributed by atoms with E-state index in [1.54, 1.807) is 0 Å². The predicted octanol–water partition coefficient (Wildman–Crippen LogP) is -0.901. The minimum atomic E-state index is -4.39. The molecule has 9 heavy (non-hydrogen) atoms. The summed E-state index contributed by atoms with van der Waals surface area (Å²) < 4.78 is 10.1. The fourth-order valence-corrected chi connectivity index (χ4v) is 0.285. The molecule has 0 atom stereocenters. The lowest BCUT2D eigenvalue weighted by molar-refractivity contribution is -0.152. The van der Waals surface area contributed by atoms with Crippen molar-refractivity contribution in [3.63, 3.8) is 0 Å². The van der Waals surface area contributed by atoms with E-state index >= 15 is 0 Å². The van der Waals surface area contributed by atoms with Gasteiger partial charge >= 0.3 is 14.2 Å². The van der Waals surface area contributed by atoms with Gasteiger partial charge in [0.2, 0.25) is 0 Å². The first-order valence-electron chi connectivity index (χ1n) is 1.88. The van der Waals surface area contributed by atoms with Gasteiger partial charge in [0, 0.05) is 7.05 Å². The summed E-state index contributed by atoms with van der Waals surface area (Å²) in [6.45, 7) is -0.0703. The molecular formula is C2H6NO5P. The second-order valence-corrected chi connectivity index (χ2v) is 2.77. The molecule has 0 heterocycles. The Morgan fingerprint density at radius 1 is 1.67 bits per heavy atom. The van der Waals surface area contributed by atoms with Crippen LogP contribution in [-0.4, -0.2) is 28.1 Å². The average Bonchev–Trinajstić information content (AvgIpc) is 1.64. The second kappa shape index (κ2) is 2.93. The van der Waals surface area contributed by atoms with E-state index in [4.69, 9.17) is 9.79 Å². The molecule has 2 N–H and O–H groups in total. The topological polar surface area (TPSA) is 87.1 Å². The molecule has 0 aromatic carbocycles. The maximum absolute atomic E-state index is 10.1. The number of rotatable bonds is 3. The highest BCUT2D eigenvalue weighted by Crippen LogP contribution is 2.37. The van der Waals surface area contributed by atoms with Gasteiger partial charge in [-0.3, -0.25) is 4.79 Å². The third-order valence-corrected chi connectivity index (χ3v) is 1.39. The van der Waals surface area contributed by atoms with E-state index in [-0.39, 0.29) is 11.3 Å². The molecule has 0 aromatic heterocycles. The first-order valence-corrected chi connectivity index (χ1v) is 3.45. The maximum Gasteiger partial charge on any atom is 0.435 e. The van der Waals surface area contributed by atoms with Gasteiger partial charge in [0.25, 0.3) is 0 Å². The van der Waals surface area contributed by atoms with E-state index in [1.165, 1.54) is 0 Å². The van der Waals surface area contributed by atoms with Crippen LogP contribution in [-0.2, 0) is 14.2 Å². The molecule has 0 saturated heterocycles. The van der Waals surface area contributed by atoms with Crippen molar-refractivity contribution in [2.45, 2.75) is 0 Å². The van der Waals surface area contributed by atoms with Crippen LogP contribution in [0.1, 0.15) is 0 Å². The fraction of sp³-hybridized carbons (Fsp3) is 0.500. The van der Waals surface area contributed by atoms with Crippen LogP contribution in [0.4, 0.5) is 0 Å². The lowest BCUT2D eigenvalue weighted by Crippen LogP contribution is -2.13. The molecule has 0 aliphatic heterocycles. The maximum atomic E-state index is 10.1. The highest BCUT2D eigenvalue weighted by molar-refractivity contribution is 7.48.